The van der Waals surface area contributed by atoms with Crippen molar-refractivity contribution in [3.63, 3.8) is 0 Å². The molecule has 1 N–H and O–H groups in total. The van der Waals surface area contributed by atoms with E-state index in [1.54, 1.807) is 0 Å². The van der Waals surface area contributed by atoms with Crippen molar-refractivity contribution in [1.29, 1.82) is 0 Å². The highest BCUT2D eigenvalue weighted by atomic mass is 35.5. The molecule has 1 rings (SSSR count). The smallest absolute Gasteiger partial charge is 0.252 e. The summed E-state index contributed by atoms with van der Waals surface area (Å²) in [6.07, 6.45) is 4.27. The molecular weight excluding hydrogens is 276 g/mol. The molecule has 102 valence electrons. The normalized spacial score (nSPS) is 11.8. The van der Waals surface area contributed by atoms with E-state index >= 15 is 0 Å². The Labute approximate surface area is 113 Å². The molecule has 1 aromatic rings. The standard InChI is InChI=1S/C10H17ClN4O2S/c1-3-7-15(8-4-2)18(16,17)14-10-9(11)12-5-6-13-10/h5-6H,3-4,7-8H2,1-2H3,(H,13,14). The van der Waals surface area contributed by atoms with Crippen LogP contribution in [0, 0.1) is 0 Å². The van der Waals surface area contributed by atoms with E-state index in [9.17, 15) is 8.42 Å². The van der Waals surface area contributed by atoms with Gasteiger partial charge in [0.2, 0.25) is 0 Å². The zero-order valence-corrected chi connectivity index (χ0v) is 12.0. The summed E-state index contributed by atoms with van der Waals surface area (Å²) in [6.45, 7) is 4.77. The van der Waals surface area contributed by atoms with Crippen molar-refractivity contribution in [2.24, 2.45) is 0 Å². The van der Waals surface area contributed by atoms with Crippen molar-refractivity contribution in [1.82, 2.24) is 14.3 Å². The minimum absolute atomic E-state index is 0.0361. The molecule has 0 aromatic carbocycles. The van der Waals surface area contributed by atoms with Crippen LogP contribution in [0.25, 0.3) is 0 Å². The maximum atomic E-state index is 12.1. The van der Waals surface area contributed by atoms with Crippen LogP contribution in [0.1, 0.15) is 26.7 Å². The minimum Gasteiger partial charge on any atom is -0.252 e. The number of hydrogen-bond donors (Lipinski definition) is 1. The van der Waals surface area contributed by atoms with Crippen molar-refractivity contribution in [3.8, 4) is 0 Å². The van der Waals surface area contributed by atoms with Crippen LogP contribution in [-0.2, 0) is 10.2 Å². The lowest BCUT2D eigenvalue weighted by Crippen LogP contribution is -2.37. The summed E-state index contributed by atoms with van der Waals surface area (Å²) in [7, 11) is -3.63. The van der Waals surface area contributed by atoms with Crippen LogP contribution in [-0.4, -0.2) is 35.8 Å². The Bertz CT molecular complexity index is 475. The zero-order valence-electron chi connectivity index (χ0n) is 10.4. The molecule has 1 aromatic heterocycles. The largest absolute Gasteiger partial charge is 0.302 e. The van der Waals surface area contributed by atoms with E-state index < -0.39 is 10.2 Å². The summed E-state index contributed by atoms with van der Waals surface area (Å²) < 4.78 is 28.0. The van der Waals surface area contributed by atoms with Gasteiger partial charge in [0, 0.05) is 25.5 Å². The number of nitrogens with one attached hydrogen (secondary N) is 1. The molecule has 0 saturated heterocycles. The summed E-state index contributed by atoms with van der Waals surface area (Å²) in [5.74, 6) is 0.0522. The van der Waals surface area contributed by atoms with Gasteiger partial charge in [0.25, 0.3) is 0 Å². The molecule has 8 heteroatoms. The molecule has 0 fully saturated rings. The lowest BCUT2D eigenvalue weighted by molar-refractivity contribution is 0.413. The van der Waals surface area contributed by atoms with E-state index in [0.29, 0.717) is 13.1 Å². The van der Waals surface area contributed by atoms with E-state index in [-0.39, 0.29) is 11.0 Å². The molecule has 0 atom stereocenters. The predicted octanol–water partition coefficient (Wildman–Crippen LogP) is 1.91. The monoisotopic (exact) mass is 292 g/mol. The second-order valence-corrected chi connectivity index (χ2v) is 5.73. The first-order chi connectivity index (χ1) is 8.51. The number of hydrogen-bond acceptors (Lipinski definition) is 4. The molecule has 0 saturated carbocycles. The first-order valence-corrected chi connectivity index (χ1v) is 7.57. The molecule has 0 spiro atoms. The Morgan fingerprint density at radius 3 is 2.28 bits per heavy atom. The zero-order chi connectivity index (χ0) is 13.6. The SMILES string of the molecule is CCCN(CCC)S(=O)(=O)Nc1nccnc1Cl. The van der Waals surface area contributed by atoms with Gasteiger partial charge in [-0.2, -0.15) is 12.7 Å². The van der Waals surface area contributed by atoms with Gasteiger partial charge in [-0.3, -0.25) is 4.72 Å². The average Bonchev–Trinajstić information content (AvgIpc) is 2.32. The second-order valence-electron chi connectivity index (χ2n) is 3.70. The summed E-state index contributed by atoms with van der Waals surface area (Å²) >= 11 is 5.77. The molecule has 0 radical (unpaired) electrons. The van der Waals surface area contributed by atoms with Gasteiger partial charge in [-0.05, 0) is 12.8 Å². The van der Waals surface area contributed by atoms with Crippen LogP contribution in [0.5, 0.6) is 0 Å². The van der Waals surface area contributed by atoms with Crippen LogP contribution in [0.3, 0.4) is 0 Å². The lowest BCUT2D eigenvalue weighted by Gasteiger charge is -2.21. The molecule has 0 aliphatic heterocycles. The van der Waals surface area contributed by atoms with E-state index in [1.165, 1.54) is 16.7 Å². The van der Waals surface area contributed by atoms with E-state index in [4.69, 9.17) is 11.6 Å². The van der Waals surface area contributed by atoms with Crippen LogP contribution in [0.2, 0.25) is 5.15 Å². The van der Waals surface area contributed by atoms with Crippen molar-refractivity contribution in [3.05, 3.63) is 17.5 Å². The van der Waals surface area contributed by atoms with Crippen LogP contribution < -0.4 is 4.72 Å². The van der Waals surface area contributed by atoms with Crippen molar-refractivity contribution >= 4 is 27.6 Å². The molecule has 18 heavy (non-hydrogen) atoms. The Morgan fingerprint density at radius 2 is 1.78 bits per heavy atom. The van der Waals surface area contributed by atoms with Gasteiger partial charge < -0.3 is 0 Å². The maximum Gasteiger partial charge on any atom is 0.302 e. The second kappa shape index (κ2) is 6.86. The molecule has 6 nitrogen and oxygen atoms in total. The van der Waals surface area contributed by atoms with E-state index in [2.05, 4.69) is 14.7 Å². The van der Waals surface area contributed by atoms with Gasteiger partial charge in [-0.15, -0.1) is 0 Å². The summed E-state index contributed by atoms with van der Waals surface area (Å²) in [5.41, 5.74) is 0. The van der Waals surface area contributed by atoms with E-state index in [1.807, 2.05) is 13.8 Å². The Morgan fingerprint density at radius 1 is 1.22 bits per heavy atom. The van der Waals surface area contributed by atoms with Crippen molar-refractivity contribution < 1.29 is 8.42 Å². The van der Waals surface area contributed by atoms with Gasteiger partial charge in [-0.25, -0.2) is 9.97 Å². The average molecular weight is 293 g/mol. The Balaban J connectivity index is 2.89. The number of rotatable bonds is 7. The van der Waals surface area contributed by atoms with Crippen molar-refractivity contribution in [2.75, 3.05) is 17.8 Å². The van der Waals surface area contributed by atoms with Gasteiger partial charge in [0.15, 0.2) is 11.0 Å². The van der Waals surface area contributed by atoms with Crippen LogP contribution in [0.15, 0.2) is 12.4 Å². The lowest BCUT2D eigenvalue weighted by atomic mass is 10.4. The fourth-order valence-electron chi connectivity index (χ4n) is 1.43. The Hall–Kier alpha value is -0.920. The molecule has 0 unspecified atom stereocenters. The third-order valence-electron chi connectivity index (χ3n) is 2.17. The van der Waals surface area contributed by atoms with Gasteiger partial charge in [0.1, 0.15) is 0 Å². The summed E-state index contributed by atoms with van der Waals surface area (Å²) in [5, 5.41) is 0.0361. The highest BCUT2D eigenvalue weighted by Crippen LogP contribution is 2.17. The third kappa shape index (κ3) is 4.08. The van der Waals surface area contributed by atoms with Gasteiger partial charge >= 0.3 is 10.2 Å². The highest BCUT2D eigenvalue weighted by Gasteiger charge is 2.21. The maximum absolute atomic E-state index is 12.1. The fourth-order valence-corrected chi connectivity index (χ4v) is 3.00. The quantitative estimate of drug-likeness (QED) is 0.833. The molecular formula is C10H17ClN4O2S. The van der Waals surface area contributed by atoms with Crippen molar-refractivity contribution in [2.45, 2.75) is 26.7 Å². The molecule has 0 bridgehead atoms. The highest BCUT2D eigenvalue weighted by molar-refractivity contribution is 7.90. The summed E-state index contributed by atoms with van der Waals surface area (Å²) in [4.78, 5) is 7.63. The first-order valence-electron chi connectivity index (χ1n) is 5.75. The third-order valence-corrected chi connectivity index (χ3v) is 3.94. The topological polar surface area (TPSA) is 75.2 Å². The molecule has 0 aliphatic rings. The number of anilines is 1. The fraction of sp³-hybridized carbons (Fsp3) is 0.600. The molecule has 0 aliphatic carbocycles. The molecule has 0 amide bonds. The Kier molecular flexibility index (Phi) is 5.77. The van der Waals surface area contributed by atoms with Crippen LogP contribution in [0.4, 0.5) is 5.82 Å². The van der Waals surface area contributed by atoms with Crippen LogP contribution >= 0.6 is 11.6 Å². The van der Waals surface area contributed by atoms with Gasteiger partial charge in [0.05, 0.1) is 0 Å². The first kappa shape index (κ1) is 15.1. The predicted molar refractivity (Wildman–Crippen MR) is 71.7 cm³/mol. The van der Waals surface area contributed by atoms with Gasteiger partial charge in [-0.1, -0.05) is 25.4 Å². The number of nitrogens with zero attached hydrogens (tertiary/aromatic N) is 3. The molecule has 1 heterocycles. The summed E-state index contributed by atoms with van der Waals surface area (Å²) in [6, 6.07) is 0. The number of aromatic nitrogens is 2. The number of halogens is 1. The van der Waals surface area contributed by atoms with E-state index in [0.717, 1.165) is 12.8 Å². The minimum atomic E-state index is -3.63.